The van der Waals surface area contributed by atoms with E-state index in [9.17, 15) is 13.2 Å². The molecule has 2 saturated heterocycles. The predicted octanol–water partition coefficient (Wildman–Crippen LogP) is 1.05. The van der Waals surface area contributed by atoms with Gasteiger partial charge in [0, 0.05) is 37.8 Å². The summed E-state index contributed by atoms with van der Waals surface area (Å²) >= 11 is 0. The Morgan fingerprint density at radius 3 is 2.38 bits per heavy atom. The van der Waals surface area contributed by atoms with E-state index in [0.717, 1.165) is 12.8 Å². The molecule has 2 unspecified atom stereocenters. The number of benzene rings is 1. The molecule has 144 valence electrons. The first-order valence-corrected chi connectivity index (χ1v) is 10.5. The third kappa shape index (κ3) is 4.09. The Bertz CT molecular complexity index is 749. The minimum absolute atomic E-state index is 0.135. The van der Waals surface area contributed by atoms with Crippen molar-refractivity contribution in [2.24, 2.45) is 5.73 Å². The van der Waals surface area contributed by atoms with E-state index in [1.54, 1.807) is 23.1 Å². The molecule has 0 saturated carbocycles. The molecular weight excluding hydrogens is 354 g/mol. The molecule has 0 bridgehead atoms. The van der Waals surface area contributed by atoms with E-state index in [0.29, 0.717) is 31.7 Å². The van der Waals surface area contributed by atoms with Gasteiger partial charge in [-0.3, -0.25) is 4.79 Å². The predicted molar refractivity (Wildman–Crippen MR) is 98.3 cm³/mol. The number of likely N-dealkylation sites (tertiary alicyclic amines) is 1. The molecule has 3 rings (SSSR count). The standard InChI is InChI=1S/C18H27N3O4S/c1-13-11-21(12-14(2)25-13)26(23,24)17-5-3-4-15(10-17)18(22)20-8-6-16(19)7-9-20/h3-5,10,13-14,16H,6-9,11-12,19H2,1-2H3. The highest BCUT2D eigenvalue weighted by atomic mass is 32.2. The van der Waals surface area contributed by atoms with Crippen LogP contribution in [0.25, 0.3) is 0 Å². The van der Waals surface area contributed by atoms with Crippen LogP contribution in [0.5, 0.6) is 0 Å². The van der Waals surface area contributed by atoms with E-state index >= 15 is 0 Å². The van der Waals surface area contributed by atoms with Crippen LogP contribution in [-0.2, 0) is 14.8 Å². The van der Waals surface area contributed by atoms with Crippen LogP contribution in [0, 0.1) is 0 Å². The van der Waals surface area contributed by atoms with E-state index in [1.165, 1.54) is 10.4 Å². The molecule has 26 heavy (non-hydrogen) atoms. The lowest BCUT2D eigenvalue weighted by Crippen LogP contribution is -2.48. The monoisotopic (exact) mass is 381 g/mol. The van der Waals surface area contributed by atoms with Crippen molar-refractivity contribution in [3.8, 4) is 0 Å². The summed E-state index contributed by atoms with van der Waals surface area (Å²) in [6, 6.07) is 6.46. The summed E-state index contributed by atoms with van der Waals surface area (Å²) in [5.74, 6) is -0.141. The number of rotatable bonds is 3. The van der Waals surface area contributed by atoms with Crippen LogP contribution in [0.4, 0.5) is 0 Å². The maximum Gasteiger partial charge on any atom is 0.253 e. The lowest BCUT2D eigenvalue weighted by molar-refractivity contribution is -0.0440. The Morgan fingerprint density at radius 2 is 1.77 bits per heavy atom. The summed E-state index contributed by atoms with van der Waals surface area (Å²) in [6.07, 6.45) is 1.23. The molecule has 1 amide bonds. The molecule has 0 aliphatic carbocycles. The molecular formula is C18H27N3O4S. The van der Waals surface area contributed by atoms with Gasteiger partial charge in [0.1, 0.15) is 0 Å². The average molecular weight is 381 g/mol. The molecule has 2 N–H and O–H groups in total. The number of sulfonamides is 1. The van der Waals surface area contributed by atoms with Crippen molar-refractivity contribution in [3.63, 3.8) is 0 Å². The summed E-state index contributed by atoms with van der Waals surface area (Å²) in [4.78, 5) is 14.6. The van der Waals surface area contributed by atoms with Gasteiger partial charge in [0.05, 0.1) is 17.1 Å². The molecule has 2 aliphatic heterocycles. The summed E-state index contributed by atoms with van der Waals surface area (Å²) in [5.41, 5.74) is 6.29. The molecule has 0 radical (unpaired) electrons. The Morgan fingerprint density at radius 1 is 1.15 bits per heavy atom. The number of nitrogens with zero attached hydrogens (tertiary/aromatic N) is 2. The first-order chi connectivity index (χ1) is 12.3. The van der Waals surface area contributed by atoms with Gasteiger partial charge in [0.15, 0.2) is 0 Å². The lowest BCUT2D eigenvalue weighted by Gasteiger charge is -2.34. The van der Waals surface area contributed by atoms with Crippen molar-refractivity contribution in [2.75, 3.05) is 26.2 Å². The molecule has 2 heterocycles. The van der Waals surface area contributed by atoms with Gasteiger partial charge in [-0.05, 0) is 44.9 Å². The van der Waals surface area contributed by atoms with E-state index < -0.39 is 10.0 Å². The van der Waals surface area contributed by atoms with Gasteiger partial charge >= 0.3 is 0 Å². The molecule has 1 aromatic rings. The van der Waals surface area contributed by atoms with Gasteiger partial charge in [-0.1, -0.05) is 6.07 Å². The zero-order chi connectivity index (χ0) is 18.9. The fourth-order valence-electron chi connectivity index (χ4n) is 3.55. The maximum absolute atomic E-state index is 13.0. The second-order valence-electron chi connectivity index (χ2n) is 7.24. The van der Waals surface area contributed by atoms with Crippen molar-refractivity contribution in [1.29, 1.82) is 0 Å². The van der Waals surface area contributed by atoms with Crippen LogP contribution in [0.1, 0.15) is 37.0 Å². The smallest absolute Gasteiger partial charge is 0.253 e. The second kappa shape index (κ2) is 7.64. The van der Waals surface area contributed by atoms with Gasteiger partial charge in [0.2, 0.25) is 10.0 Å². The normalized spacial score (nSPS) is 26.0. The van der Waals surface area contributed by atoms with Gasteiger partial charge in [-0.25, -0.2) is 8.42 Å². The van der Waals surface area contributed by atoms with Crippen LogP contribution < -0.4 is 5.73 Å². The zero-order valence-electron chi connectivity index (χ0n) is 15.3. The summed E-state index contributed by atoms with van der Waals surface area (Å²) in [7, 11) is -3.66. The summed E-state index contributed by atoms with van der Waals surface area (Å²) < 4.78 is 33.1. The van der Waals surface area contributed by atoms with Gasteiger partial charge < -0.3 is 15.4 Å². The number of carbonyl (C=O) groups excluding carboxylic acids is 1. The van der Waals surface area contributed by atoms with Crippen molar-refractivity contribution < 1.29 is 17.9 Å². The first kappa shape index (κ1) is 19.3. The topological polar surface area (TPSA) is 92.9 Å². The van der Waals surface area contributed by atoms with Crippen molar-refractivity contribution >= 4 is 15.9 Å². The number of hydrogen-bond acceptors (Lipinski definition) is 5. The third-order valence-corrected chi connectivity index (χ3v) is 6.76. The maximum atomic E-state index is 13.0. The Hall–Kier alpha value is -1.48. The Balaban J connectivity index is 1.81. The van der Waals surface area contributed by atoms with Crippen LogP contribution in [0.2, 0.25) is 0 Å². The number of hydrogen-bond donors (Lipinski definition) is 1. The van der Waals surface area contributed by atoms with Gasteiger partial charge in [-0.2, -0.15) is 4.31 Å². The van der Waals surface area contributed by atoms with Crippen LogP contribution in [-0.4, -0.2) is 68.0 Å². The summed E-state index contributed by atoms with van der Waals surface area (Å²) in [5, 5.41) is 0. The lowest BCUT2D eigenvalue weighted by atomic mass is 10.0. The number of carbonyl (C=O) groups is 1. The molecule has 7 nitrogen and oxygen atoms in total. The van der Waals surface area contributed by atoms with Crippen LogP contribution in [0.15, 0.2) is 29.2 Å². The SMILES string of the molecule is CC1CN(S(=O)(=O)c2cccc(C(=O)N3CCC(N)CC3)c2)CC(C)O1. The van der Waals surface area contributed by atoms with E-state index in [4.69, 9.17) is 10.5 Å². The third-order valence-electron chi connectivity index (χ3n) is 4.93. The second-order valence-corrected chi connectivity index (χ2v) is 9.17. The fraction of sp³-hybridized carbons (Fsp3) is 0.611. The van der Waals surface area contributed by atoms with Crippen molar-refractivity contribution in [2.45, 2.75) is 49.8 Å². The Kier molecular flexibility index (Phi) is 5.67. The number of amides is 1. The van der Waals surface area contributed by atoms with E-state index in [2.05, 4.69) is 0 Å². The van der Waals surface area contributed by atoms with Crippen molar-refractivity contribution in [3.05, 3.63) is 29.8 Å². The zero-order valence-corrected chi connectivity index (χ0v) is 16.1. The summed E-state index contributed by atoms with van der Waals surface area (Å²) in [6.45, 7) is 5.56. The van der Waals surface area contributed by atoms with Crippen LogP contribution in [0.3, 0.4) is 0 Å². The molecule has 8 heteroatoms. The number of ether oxygens (including phenoxy) is 1. The first-order valence-electron chi connectivity index (χ1n) is 9.08. The number of nitrogens with two attached hydrogens (primary N) is 1. The number of morpholine rings is 1. The number of piperidine rings is 1. The Labute approximate surface area is 155 Å². The average Bonchev–Trinajstić information content (AvgIpc) is 2.61. The highest BCUT2D eigenvalue weighted by Gasteiger charge is 2.32. The molecule has 1 aromatic carbocycles. The molecule has 2 fully saturated rings. The molecule has 0 aromatic heterocycles. The largest absolute Gasteiger partial charge is 0.373 e. The molecule has 2 atom stereocenters. The minimum Gasteiger partial charge on any atom is -0.373 e. The quantitative estimate of drug-likeness (QED) is 0.845. The minimum atomic E-state index is -3.66. The van der Waals surface area contributed by atoms with E-state index in [1.807, 2.05) is 13.8 Å². The van der Waals surface area contributed by atoms with Gasteiger partial charge in [-0.15, -0.1) is 0 Å². The van der Waals surface area contributed by atoms with Crippen LogP contribution >= 0.6 is 0 Å². The highest BCUT2D eigenvalue weighted by molar-refractivity contribution is 7.89. The van der Waals surface area contributed by atoms with E-state index in [-0.39, 0.29) is 29.1 Å². The molecule has 0 spiro atoms. The van der Waals surface area contributed by atoms with Gasteiger partial charge in [0.25, 0.3) is 5.91 Å². The highest BCUT2D eigenvalue weighted by Crippen LogP contribution is 2.23. The fourth-order valence-corrected chi connectivity index (χ4v) is 5.19. The molecule has 2 aliphatic rings. The van der Waals surface area contributed by atoms with Crippen molar-refractivity contribution in [1.82, 2.24) is 9.21 Å².